The Morgan fingerprint density at radius 2 is 2.13 bits per heavy atom. The Kier molecular flexibility index (Phi) is 8.67. The lowest BCUT2D eigenvalue weighted by molar-refractivity contribution is 0.158. The van der Waals surface area contributed by atoms with Gasteiger partial charge in [-0.15, -0.1) is 0 Å². The van der Waals surface area contributed by atoms with Crippen molar-refractivity contribution in [3.63, 3.8) is 0 Å². The van der Waals surface area contributed by atoms with Crippen molar-refractivity contribution in [3.05, 3.63) is 30.4 Å². The van der Waals surface area contributed by atoms with Crippen molar-refractivity contribution in [1.29, 1.82) is 0 Å². The Hall–Kier alpha value is -2.59. The molecule has 1 aromatic carbocycles. The molecule has 30 heavy (non-hydrogen) atoms. The summed E-state index contributed by atoms with van der Waals surface area (Å²) in [6, 6.07) is 4.48. The molecule has 166 valence electrons. The van der Waals surface area contributed by atoms with E-state index in [9.17, 15) is 13.2 Å². The molecule has 0 aliphatic heterocycles. The maximum atomic E-state index is 13.2. The number of carbonyl (C=O) groups is 1. The second kappa shape index (κ2) is 11.0. The molecule has 0 radical (unpaired) electrons. The van der Waals surface area contributed by atoms with E-state index in [4.69, 9.17) is 14.9 Å². The molecule has 1 heterocycles. The highest BCUT2D eigenvalue weighted by molar-refractivity contribution is 7.89. The molecule has 0 saturated heterocycles. The Balaban J connectivity index is 1.99. The average molecular weight is 439 g/mol. The maximum Gasteiger partial charge on any atom is 0.407 e. The Bertz CT molecular complexity index is 969. The summed E-state index contributed by atoms with van der Waals surface area (Å²) in [5, 5.41) is 2.63. The summed E-state index contributed by atoms with van der Waals surface area (Å²) < 4.78 is 38.0. The zero-order chi connectivity index (χ0) is 22.1. The fraction of sp³-hybridized carbons (Fsp3) is 0.500. The summed E-state index contributed by atoms with van der Waals surface area (Å²) in [4.78, 5) is 15.7. The van der Waals surface area contributed by atoms with Gasteiger partial charge in [-0.2, -0.15) is 9.29 Å². The molecule has 0 bridgehead atoms. The van der Waals surface area contributed by atoms with Gasteiger partial charge in [0.15, 0.2) is 5.58 Å². The van der Waals surface area contributed by atoms with Crippen LogP contribution in [-0.2, 0) is 14.8 Å². The number of nitrogen functional groups attached to an aromatic ring is 1. The lowest BCUT2D eigenvalue weighted by Gasteiger charge is -2.24. The number of oxazole rings is 1. The number of amides is 1. The molecule has 0 fully saturated rings. The van der Waals surface area contributed by atoms with Gasteiger partial charge in [-0.3, -0.25) is 0 Å². The number of rotatable bonds is 11. The van der Waals surface area contributed by atoms with Crippen molar-refractivity contribution in [1.82, 2.24) is 14.6 Å². The lowest BCUT2D eigenvalue weighted by atomic mass is 10.2. The molecule has 10 heteroatoms. The van der Waals surface area contributed by atoms with Crippen molar-refractivity contribution in [2.45, 2.75) is 38.5 Å². The van der Waals surface area contributed by atoms with Crippen molar-refractivity contribution < 1.29 is 22.4 Å². The number of benzene rings is 1. The minimum absolute atomic E-state index is 0.0123. The van der Waals surface area contributed by atoms with Gasteiger partial charge in [0.25, 0.3) is 6.01 Å². The number of alkyl carbamates (subject to hydrolysis) is 1. The van der Waals surface area contributed by atoms with E-state index in [1.165, 1.54) is 16.4 Å². The number of nitrogens with zero attached hydrogens (tertiary/aromatic N) is 2. The molecule has 0 aliphatic rings. The SMILES string of the molecule is CC/C=C/COC(=O)NCCCN(CC(C)C)S(=O)(=O)c1ccc2nc(N)oc2c1. The highest BCUT2D eigenvalue weighted by Gasteiger charge is 2.25. The number of nitrogens with one attached hydrogen (secondary N) is 1. The van der Waals surface area contributed by atoms with Crippen molar-refractivity contribution in [3.8, 4) is 0 Å². The summed E-state index contributed by atoms with van der Waals surface area (Å²) in [5.74, 6) is 0.132. The third-order valence-corrected chi connectivity index (χ3v) is 6.01. The molecule has 9 nitrogen and oxygen atoms in total. The van der Waals surface area contributed by atoms with Crippen LogP contribution in [0.4, 0.5) is 10.8 Å². The molecule has 3 N–H and O–H groups in total. The normalized spacial score (nSPS) is 12.3. The van der Waals surface area contributed by atoms with E-state index in [0.29, 0.717) is 30.6 Å². The number of allylic oxidation sites excluding steroid dienone is 1. The van der Waals surface area contributed by atoms with Crippen LogP contribution in [0.1, 0.15) is 33.6 Å². The van der Waals surface area contributed by atoms with E-state index >= 15 is 0 Å². The molecule has 1 amide bonds. The third kappa shape index (κ3) is 6.74. The molecular formula is C20H30N4O5S. The number of aromatic nitrogens is 1. The predicted molar refractivity (Wildman–Crippen MR) is 115 cm³/mol. The number of hydrogen-bond donors (Lipinski definition) is 2. The van der Waals surface area contributed by atoms with E-state index in [1.807, 2.05) is 26.8 Å². The number of sulfonamides is 1. The highest BCUT2D eigenvalue weighted by atomic mass is 32.2. The predicted octanol–water partition coefficient (Wildman–Crippen LogP) is 3.14. The summed E-state index contributed by atoms with van der Waals surface area (Å²) >= 11 is 0. The monoisotopic (exact) mass is 438 g/mol. The summed E-state index contributed by atoms with van der Waals surface area (Å²) in [6.07, 6.45) is 4.48. The van der Waals surface area contributed by atoms with Crippen LogP contribution in [0.5, 0.6) is 0 Å². The number of fused-ring (bicyclic) bond motifs is 1. The van der Waals surface area contributed by atoms with Crippen molar-refractivity contribution in [2.75, 3.05) is 32.0 Å². The van der Waals surface area contributed by atoms with Gasteiger partial charge in [-0.1, -0.05) is 32.9 Å². The first-order chi connectivity index (χ1) is 14.2. The minimum atomic E-state index is -3.75. The molecule has 2 aromatic rings. The average Bonchev–Trinajstić information content (AvgIpc) is 3.06. The third-order valence-electron chi connectivity index (χ3n) is 4.15. The zero-order valence-electron chi connectivity index (χ0n) is 17.6. The van der Waals surface area contributed by atoms with Crippen LogP contribution in [0.15, 0.2) is 39.7 Å². The number of anilines is 1. The smallest absolute Gasteiger partial charge is 0.407 e. The number of nitrogens with two attached hydrogens (primary N) is 1. The first kappa shape index (κ1) is 23.7. The highest BCUT2D eigenvalue weighted by Crippen LogP contribution is 2.24. The molecule has 0 atom stereocenters. The molecular weight excluding hydrogens is 408 g/mol. The van der Waals surface area contributed by atoms with Gasteiger partial charge in [-0.25, -0.2) is 13.2 Å². The molecule has 0 aliphatic carbocycles. The molecule has 2 rings (SSSR count). The minimum Gasteiger partial charge on any atom is -0.445 e. The second-order valence-electron chi connectivity index (χ2n) is 7.20. The van der Waals surface area contributed by atoms with Crippen LogP contribution in [0.3, 0.4) is 0 Å². The van der Waals surface area contributed by atoms with Gasteiger partial charge in [0.1, 0.15) is 12.1 Å². The number of hydrogen-bond acceptors (Lipinski definition) is 7. The standard InChI is InChI=1S/C20H30N4O5S/c1-4-5-6-12-28-20(25)22-10-7-11-24(14-15(2)3)30(26,27)16-8-9-17-18(13-16)29-19(21)23-17/h5-6,8-9,13,15H,4,7,10-12,14H2,1-3H3,(H2,21,23)(H,22,25)/b6-5+. The zero-order valence-corrected chi connectivity index (χ0v) is 18.4. The van der Waals surface area contributed by atoms with E-state index < -0.39 is 16.1 Å². The lowest BCUT2D eigenvalue weighted by Crippen LogP contribution is -2.37. The Labute approximate surface area is 177 Å². The van der Waals surface area contributed by atoms with Crippen molar-refractivity contribution >= 4 is 33.2 Å². The summed E-state index contributed by atoms with van der Waals surface area (Å²) in [6.45, 7) is 7.01. The molecule has 0 spiro atoms. The Morgan fingerprint density at radius 3 is 2.83 bits per heavy atom. The fourth-order valence-corrected chi connectivity index (χ4v) is 4.46. The van der Waals surface area contributed by atoms with Gasteiger partial charge < -0.3 is 20.2 Å². The second-order valence-corrected chi connectivity index (χ2v) is 9.13. The van der Waals surface area contributed by atoms with Crippen molar-refractivity contribution in [2.24, 2.45) is 5.92 Å². The van der Waals surface area contributed by atoms with Gasteiger partial charge >= 0.3 is 6.09 Å². The summed E-state index contributed by atoms with van der Waals surface area (Å²) in [7, 11) is -3.75. The van der Waals surface area contributed by atoms with Crippen LogP contribution < -0.4 is 11.1 Å². The summed E-state index contributed by atoms with van der Waals surface area (Å²) in [5.41, 5.74) is 6.36. The largest absolute Gasteiger partial charge is 0.445 e. The van der Waals surface area contributed by atoms with Crippen LogP contribution in [-0.4, -0.2) is 50.0 Å². The van der Waals surface area contributed by atoms with Crippen LogP contribution >= 0.6 is 0 Å². The molecule has 1 aromatic heterocycles. The van der Waals surface area contributed by atoms with Gasteiger partial charge in [0.2, 0.25) is 10.0 Å². The fourth-order valence-electron chi connectivity index (χ4n) is 2.80. The Morgan fingerprint density at radius 1 is 1.37 bits per heavy atom. The van der Waals surface area contributed by atoms with E-state index in [1.54, 1.807) is 12.1 Å². The van der Waals surface area contributed by atoms with Crippen LogP contribution in [0, 0.1) is 5.92 Å². The van der Waals surface area contributed by atoms with E-state index in [2.05, 4.69) is 10.3 Å². The van der Waals surface area contributed by atoms with E-state index in [0.717, 1.165) is 6.42 Å². The first-order valence-corrected chi connectivity index (χ1v) is 11.4. The van der Waals surface area contributed by atoms with E-state index in [-0.39, 0.29) is 30.0 Å². The molecule has 0 saturated carbocycles. The maximum absolute atomic E-state index is 13.2. The molecule has 0 unspecified atom stereocenters. The van der Waals surface area contributed by atoms with Crippen LogP contribution in [0.25, 0.3) is 11.1 Å². The van der Waals surface area contributed by atoms with Crippen LogP contribution in [0.2, 0.25) is 0 Å². The quantitative estimate of drug-likeness (QED) is 0.407. The van der Waals surface area contributed by atoms with Gasteiger partial charge in [0, 0.05) is 25.7 Å². The number of carbonyl (C=O) groups excluding carboxylic acids is 1. The van der Waals surface area contributed by atoms with Gasteiger partial charge in [0.05, 0.1) is 4.90 Å². The topological polar surface area (TPSA) is 128 Å². The van der Waals surface area contributed by atoms with Gasteiger partial charge in [-0.05, 0) is 30.9 Å². The first-order valence-electron chi connectivity index (χ1n) is 9.96. The number of ether oxygens (including phenoxy) is 1.